The lowest BCUT2D eigenvalue weighted by Crippen LogP contribution is -2.17. The van der Waals surface area contributed by atoms with Crippen LogP contribution in [-0.4, -0.2) is 27.3 Å². The smallest absolute Gasteiger partial charge is 0.271 e. The van der Waals surface area contributed by atoms with E-state index in [2.05, 4.69) is 34.3 Å². The van der Waals surface area contributed by atoms with Gasteiger partial charge in [-0.15, -0.1) is 11.3 Å². The molecule has 3 aromatic rings. The lowest BCUT2D eigenvalue weighted by atomic mass is 10.2. The van der Waals surface area contributed by atoms with Crippen LogP contribution in [0.15, 0.2) is 39.9 Å². The number of thiophene rings is 1. The number of carbonyl (C=O) groups excluding carboxylic acids is 1. The van der Waals surface area contributed by atoms with Gasteiger partial charge in [0, 0.05) is 15.7 Å². The molecule has 2 aromatic heterocycles. The number of aryl methyl sites for hydroxylation is 1. The molecule has 0 unspecified atom stereocenters. The fourth-order valence-corrected chi connectivity index (χ4v) is 3.69. The largest absolute Gasteiger partial charge is 0.333 e. The normalized spacial score (nSPS) is 11.7. The Morgan fingerprint density at radius 2 is 2.25 bits per heavy atom. The molecule has 0 atom stereocenters. The first-order valence-electron chi connectivity index (χ1n) is 7.57. The summed E-state index contributed by atoms with van der Waals surface area (Å²) in [6.45, 7) is 6.24. The zero-order valence-electron chi connectivity index (χ0n) is 13.7. The number of benzene rings is 1. The fraction of sp³-hybridized carbons (Fsp3) is 0.235. The number of aromatic amines is 1. The van der Waals surface area contributed by atoms with Gasteiger partial charge in [0.15, 0.2) is 5.16 Å². The molecule has 0 radical (unpaired) electrons. The van der Waals surface area contributed by atoms with Gasteiger partial charge < -0.3 is 4.98 Å². The van der Waals surface area contributed by atoms with E-state index < -0.39 is 0 Å². The van der Waals surface area contributed by atoms with Crippen LogP contribution >= 0.6 is 23.1 Å². The van der Waals surface area contributed by atoms with Gasteiger partial charge in [-0.1, -0.05) is 25.6 Å². The SMILES string of the molecule is Cc1ccsc1/C=N\NC(=O)c1ccc2nc(SC(C)C)[nH]c2c1. The minimum absolute atomic E-state index is 0.241. The summed E-state index contributed by atoms with van der Waals surface area (Å²) in [5, 5.41) is 7.34. The van der Waals surface area contributed by atoms with Gasteiger partial charge in [0.1, 0.15) is 0 Å². The molecule has 0 aliphatic carbocycles. The average Bonchev–Trinajstić information content (AvgIpc) is 3.11. The van der Waals surface area contributed by atoms with Gasteiger partial charge in [-0.05, 0) is 42.1 Å². The summed E-state index contributed by atoms with van der Waals surface area (Å²) in [5.41, 5.74) is 5.96. The maximum atomic E-state index is 12.2. The van der Waals surface area contributed by atoms with E-state index >= 15 is 0 Å². The van der Waals surface area contributed by atoms with Crippen LogP contribution in [0.4, 0.5) is 0 Å². The van der Waals surface area contributed by atoms with Gasteiger partial charge in [0.05, 0.1) is 17.2 Å². The molecular formula is C17H18N4OS2. The molecule has 0 saturated carbocycles. The number of hydrogen-bond acceptors (Lipinski definition) is 5. The van der Waals surface area contributed by atoms with Crippen LogP contribution in [0.25, 0.3) is 11.0 Å². The molecule has 3 rings (SSSR count). The van der Waals surface area contributed by atoms with Crippen LogP contribution in [-0.2, 0) is 0 Å². The van der Waals surface area contributed by atoms with E-state index in [1.54, 1.807) is 41.4 Å². The lowest BCUT2D eigenvalue weighted by Gasteiger charge is -1.99. The van der Waals surface area contributed by atoms with Gasteiger partial charge in [-0.2, -0.15) is 5.10 Å². The minimum Gasteiger partial charge on any atom is -0.333 e. The first-order valence-corrected chi connectivity index (χ1v) is 9.33. The van der Waals surface area contributed by atoms with Crippen molar-refractivity contribution in [3.05, 3.63) is 45.6 Å². The van der Waals surface area contributed by atoms with Gasteiger partial charge >= 0.3 is 0 Å². The van der Waals surface area contributed by atoms with Crippen LogP contribution in [0, 0.1) is 6.92 Å². The van der Waals surface area contributed by atoms with Gasteiger partial charge in [-0.25, -0.2) is 10.4 Å². The summed E-state index contributed by atoms with van der Waals surface area (Å²) >= 11 is 3.25. The highest BCUT2D eigenvalue weighted by Gasteiger charge is 2.09. The third-order valence-electron chi connectivity index (χ3n) is 3.32. The molecule has 7 heteroatoms. The second-order valence-electron chi connectivity index (χ2n) is 5.61. The molecule has 2 N–H and O–H groups in total. The Hall–Kier alpha value is -2.12. The molecule has 24 heavy (non-hydrogen) atoms. The average molecular weight is 358 g/mol. The first-order chi connectivity index (χ1) is 11.5. The number of rotatable bonds is 5. The molecule has 0 saturated heterocycles. The number of aromatic nitrogens is 2. The van der Waals surface area contributed by atoms with Gasteiger partial charge in [-0.3, -0.25) is 4.79 Å². The topological polar surface area (TPSA) is 70.1 Å². The Morgan fingerprint density at radius 1 is 1.42 bits per heavy atom. The maximum Gasteiger partial charge on any atom is 0.271 e. The van der Waals surface area contributed by atoms with E-state index in [0.29, 0.717) is 10.8 Å². The number of carbonyl (C=O) groups is 1. The number of amides is 1. The maximum absolute atomic E-state index is 12.2. The summed E-state index contributed by atoms with van der Waals surface area (Å²) in [7, 11) is 0. The number of nitrogens with one attached hydrogen (secondary N) is 2. The highest BCUT2D eigenvalue weighted by Crippen LogP contribution is 2.23. The van der Waals surface area contributed by atoms with Gasteiger partial charge in [0.25, 0.3) is 5.91 Å². The molecule has 0 spiro atoms. The van der Waals surface area contributed by atoms with Crippen molar-refractivity contribution in [1.29, 1.82) is 0 Å². The molecule has 0 aliphatic rings. The van der Waals surface area contributed by atoms with E-state index in [1.165, 1.54) is 0 Å². The number of thioether (sulfide) groups is 1. The molecule has 2 heterocycles. The summed E-state index contributed by atoms with van der Waals surface area (Å²) < 4.78 is 0. The van der Waals surface area contributed by atoms with Crippen molar-refractivity contribution in [2.45, 2.75) is 31.2 Å². The molecule has 0 fully saturated rings. The first kappa shape index (κ1) is 16.7. The van der Waals surface area contributed by atoms with Crippen molar-refractivity contribution in [1.82, 2.24) is 15.4 Å². The molecule has 1 aromatic carbocycles. The van der Waals surface area contributed by atoms with Crippen LogP contribution in [0.3, 0.4) is 0 Å². The van der Waals surface area contributed by atoms with E-state index in [9.17, 15) is 4.79 Å². The predicted molar refractivity (Wildman–Crippen MR) is 101 cm³/mol. The number of hydrogen-bond donors (Lipinski definition) is 2. The van der Waals surface area contributed by atoms with Crippen molar-refractivity contribution in [2.75, 3.05) is 0 Å². The van der Waals surface area contributed by atoms with E-state index in [-0.39, 0.29) is 5.91 Å². The predicted octanol–water partition coefficient (Wildman–Crippen LogP) is 4.20. The Balaban J connectivity index is 1.72. The zero-order valence-corrected chi connectivity index (χ0v) is 15.3. The monoisotopic (exact) mass is 358 g/mol. The third kappa shape index (κ3) is 3.85. The van der Waals surface area contributed by atoms with Gasteiger partial charge in [0.2, 0.25) is 0 Å². The Morgan fingerprint density at radius 3 is 2.96 bits per heavy atom. The number of fused-ring (bicyclic) bond motifs is 1. The highest BCUT2D eigenvalue weighted by molar-refractivity contribution is 7.99. The third-order valence-corrected chi connectivity index (χ3v) is 5.16. The molecular weight excluding hydrogens is 340 g/mol. The van der Waals surface area contributed by atoms with E-state index in [0.717, 1.165) is 26.6 Å². The molecule has 0 bridgehead atoms. The van der Waals surface area contributed by atoms with Crippen LogP contribution < -0.4 is 5.43 Å². The molecule has 0 aliphatic heterocycles. The Labute approximate surface area is 148 Å². The van der Waals surface area contributed by atoms with Crippen molar-refractivity contribution in [2.24, 2.45) is 5.10 Å². The van der Waals surface area contributed by atoms with Crippen molar-refractivity contribution in [3.63, 3.8) is 0 Å². The van der Waals surface area contributed by atoms with E-state index in [1.807, 2.05) is 24.4 Å². The Kier molecular flexibility index (Phi) is 5.01. The lowest BCUT2D eigenvalue weighted by molar-refractivity contribution is 0.0955. The van der Waals surface area contributed by atoms with Crippen molar-refractivity contribution in [3.8, 4) is 0 Å². The number of hydrazone groups is 1. The summed E-state index contributed by atoms with van der Waals surface area (Å²) in [5.74, 6) is -0.241. The van der Waals surface area contributed by atoms with Crippen LogP contribution in [0.2, 0.25) is 0 Å². The van der Waals surface area contributed by atoms with Crippen molar-refractivity contribution < 1.29 is 4.79 Å². The summed E-state index contributed by atoms with van der Waals surface area (Å²) in [6, 6.07) is 7.42. The van der Waals surface area contributed by atoms with E-state index in [4.69, 9.17) is 0 Å². The fourth-order valence-electron chi connectivity index (χ4n) is 2.14. The Bertz CT molecular complexity index is 895. The minimum atomic E-state index is -0.241. The molecule has 5 nitrogen and oxygen atoms in total. The number of nitrogens with zero attached hydrogens (tertiary/aromatic N) is 2. The molecule has 124 valence electrons. The quantitative estimate of drug-likeness (QED) is 0.408. The zero-order chi connectivity index (χ0) is 17.1. The second kappa shape index (κ2) is 7.19. The second-order valence-corrected chi connectivity index (χ2v) is 8.12. The number of H-pyrrole nitrogens is 1. The van der Waals surface area contributed by atoms with Crippen LogP contribution in [0.5, 0.6) is 0 Å². The number of imidazole rings is 1. The highest BCUT2D eigenvalue weighted by atomic mass is 32.2. The summed E-state index contributed by atoms with van der Waals surface area (Å²) in [4.78, 5) is 21.0. The molecule has 1 amide bonds. The van der Waals surface area contributed by atoms with Crippen LogP contribution in [0.1, 0.15) is 34.6 Å². The van der Waals surface area contributed by atoms with Crippen molar-refractivity contribution >= 4 is 46.3 Å². The summed E-state index contributed by atoms with van der Waals surface area (Å²) in [6.07, 6.45) is 1.67. The standard InChI is InChI=1S/C17H18N4OS2/c1-10(2)24-17-19-13-5-4-12(8-14(13)20-17)16(22)21-18-9-15-11(3)6-7-23-15/h4-10H,1-3H3,(H,19,20)(H,21,22)/b18-9-.